The van der Waals surface area contributed by atoms with Gasteiger partial charge in [0, 0.05) is 19.5 Å². The minimum absolute atomic E-state index is 0.0280. The molecule has 18 heavy (non-hydrogen) atoms. The van der Waals surface area contributed by atoms with Gasteiger partial charge in [-0.05, 0) is 25.7 Å². The number of nitrogens with one attached hydrogen (secondary N) is 1. The lowest BCUT2D eigenvalue weighted by atomic mass is 9.95. The van der Waals surface area contributed by atoms with E-state index in [1.807, 2.05) is 0 Å². The first kappa shape index (κ1) is 12.5. The van der Waals surface area contributed by atoms with Crippen LogP contribution < -0.4 is 0 Å². The van der Waals surface area contributed by atoms with Gasteiger partial charge in [0.25, 0.3) is 5.91 Å². The number of hydrogen-bond donors (Lipinski definition) is 2. The lowest BCUT2D eigenvalue weighted by molar-refractivity contribution is -0.138. The summed E-state index contributed by atoms with van der Waals surface area (Å²) in [6.07, 6.45) is 1.78. The monoisotopic (exact) mass is 252 g/mol. The molecule has 0 bridgehead atoms. The molecule has 1 unspecified atom stereocenters. The predicted octanol–water partition coefficient (Wildman–Crippen LogP) is 0.440. The fourth-order valence-electron chi connectivity index (χ4n) is 2.24. The first-order valence-corrected chi connectivity index (χ1v) is 5.96. The fourth-order valence-corrected chi connectivity index (χ4v) is 2.24. The standard InChI is InChI=1S/C11H16N4O3/c1-7-12-10(14-13-7)11(18)15-4-2-3-8(6-15)5-9(16)17/h8H,2-6H2,1H3,(H,16,17)(H,12,13,14). The number of nitrogens with zero attached hydrogens (tertiary/aromatic N) is 3. The van der Waals surface area contributed by atoms with Gasteiger partial charge in [0.1, 0.15) is 5.82 Å². The number of hydrogen-bond acceptors (Lipinski definition) is 4. The van der Waals surface area contributed by atoms with Crippen molar-refractivity contribution in [3.05, 3.63) is 11.6 Å². The Morgan fingerprint density at radius 1 is 1.56 bits per heavy atom. The van der Waals surface area contributed by atoms with Crippen LogP contribution in [-0.4, -0.2) is 50.2 Å². The van der Waals surface area contributed by atoms with Gasteiger partial charge in [0.2, 0.25) is 5.82 Å². The SMILES string of the molecule is Cc1nc(C(=O)N2CCCC(CC(=O)O)C2)n[nH]1. The van der Waals surface area contributed by atoms with Gasteiger partial charge in [0.15, 0.2) is 0 Å². The van der Waals surface area contributed by atoms with Gasteiger partial charge < -0.3 is 10.0 Å². The normalized spacial score (nSPS) is 19.8. The number of piperidine rings is 1. The maximum absolute atomic E-state index is 12.1. The third kappa shape index (κ3) is 2.85. The fraction of sp³-hybridized carbons (Fsp3) is 0.636. The molecule has 1 saturated heterocycles. The molecule has 0 aromatic carbocycles. The largest absolute Gasteiger partial charge is 0.481 e. The summed E-state index contributed by atoms with van der Waals surface area (Å²) in [5.74, 6) is -0.265. The molecule has 2 N–H and O–H groups in total. The number of amides is 1. The van der Waals surface area contributed by atoms with Crippen molar-refractivity contribution in [3.63, 3.8) is 0 Å². The van der Waals surface area contributed by atoms with E-state index in [0.29, 0.717) is 18.9 Å². The number of carboxylic acids is 1. The maximum atomic E-state index is 12.1. The summed E-state index contributed by atoms with van der Waals surface area (Å²) < 4.78 is 0. The van der Waals surface area contributed by atoms with Gasteiger partial charge >= 0.3 is 5.97 Å². The van der Waals surface area contributed by atoms with Crippen molar-refractivity contribution in [1.82, 2.24) is 20.1 Å². The van der Waals surface area contributed by atoms with Gasteiger partial charge in [-0.1, -0.05) is 0 Å². The molecular formula is C11H16N4O3. The number of likely N-dealkylation sites (tertiary alicyclic amines) is 1. The summed E-state index contributed by atoms with van der Waals surface area (Å²) >= 11 is 0. The van der Waals surface area contributed by atoms with Gasteiger partial charge in [-0.15, -0.1) is 5.10 Å². The van der Waals surface area contributed by atoms with Gasteiger partial charge in [-0.3, -0.25) is 14.7 Å². The highest BCUT2D eigenvalue weighted by Gasteiger charge is 2.27. The summed E-state index contributed by atoms with van der Waals surface area (Å²) in [5, 5.41) is 15.2. The maximum Gasteiger partial charge on any atom is 0.303 e. The molecule has 7 heteroatoms. The highest BCUT2D eigenvalue weighted by Crippen LogP contribution is 2.20. The number of carboxylic acid groups (broad SMARTS) is 1. The van der Waals surface area contributed by atoms with Crippen molar-refractivity contribution in [1.29, 1.82) is 0 Å². The molecule has 1 fully saturated rings. The van der Waals surface area contributed by atoms with Crippen LogP contribution in [0.1, 0.15) is 35.7 Å². The van der Waals surface area contributed by atoms with Crippen LogP contribution in [0, 0.1) is 12.8 Å². The molecule has 1 aromatic rings. The van der Waals surface area contributed by atoms with Crippen molar-refractivity contribution in [2.24, 2.45) is 5.92 Å². The van der Waals surface area contributed by atoms with Crippen LogP contribution in [0.15, 0.2) is 0 Å². The second kappa shape index (κ2) is 5.16. The van der Waals surface area contributed by atoms with Crippen LogP contribution in [0.25, 0.3) is 0 Å². The molecule has 0 aliphatic carbocycles. The number of aliphatic carboxylic acids is 1. The zero-order valence-electron chi connectivity index (χ0n) is 10.2. The lowest BCUT2D eigenvalue weighted by Gasteiger charge is -2.31. The molecule has 1 aliphatic heterocycles. The molecule has 1 aliphatic rings. The van der Waals surface area contributed by atoms with Crippen LogP contribution in [0.3, 0.4) is 0 Å². The van der Waals surface area contributed by atoms with Crippen molar-refractivity contribution in [2.45, 2.75) is 26.2 Å². The van der Waals surface area contributed by atoms with E-state index in [1.165, 1.54) is 0 Å². The Kier molecular flexibility index (Phi) is 3.59. The number of aromatic nitrogens is 3. The average Bonchev–Trinajstić information content (AvgIpc) is 2.74. The molecule has 2 rings (SSSR count). The van der Waals surface area contributed by atoms with Crippen LogP contribution in [0.5, 0.6) is 0 Å². The Balaban J connectivity index is 2.00. The summed E-state index contributed by atoms with van der Waals surface area (Å²) in [5.41, 5.74) is 0. The second-order valence-electron chi connectivity index (χ2n) is 4.60. The topological polar surface area (TPSA) is 99.2 Å². The molecular weight excluding hydrogens is 236 g/mol. The zero-order chi connectivity index (χ0) is 13.1. The molecule has 98 valence electrons. The zero-order valence-corrected chi connectivity index (χ0v) is 10.2. The molecule has 1 amide bonds. The van der Waals surface area contributed by atoms with E-state index in [-0.39, 0.29) is 24.1 Å². The average molecular weight is 252 g/mol. The number of H-pyrrole nitrogens is 1. The highest BCUT2D eigenvalue weighted by atomic mass is 16.4. The van der Waals surface area contributed by atoms with E-state index in [9.17, 15) is 9.59 Å². The van der Waals surface area contributed by atoms with Gasteiger partial charge in [-0.2, -0.15) is 0 Å². The Morgan fingerprint density at radius 3 is 2.94 bits per heavy atom. The molecule has 1 aromatic heterocycles. The molecule has 0 spiro atoms. The van der Waals surface area contributed by atoms with Crippen molar-refractivity contribution >= 4 is 11.9 Å². The molecule has 7 nitrogen and oxygen atoms in total. The third-order valence-electron chi connectivity index (χ3n) is 3.06. The number of carbonyl (C=O) groups excluding carboxylic acids is 1. The summed E-state index contributed by atoms with van der Waals surface area (Å²) in [6, 6.07) is 0. The van der Waals surface area contributed by atoms with Crippen molar-refractivity contribution in [2.75, 3.05) is 13.1 Å². The first-order valence-electron chi connectivity index (χ1n) is 5.96. The van der Waals surface area contributed by atoms with Crippen LogP contribution in [0.2, 0.25) is 0 Å². The smallest absolute Gasteiger partial charge is 0.303 e. The molecule has 1 atom stereocenters. The van der Waals surface area contributed by atoms with E-state index in [4.69, 9.17) is 5.11 Å². The van der Waals surface area contributed by atoms with E-state index in [0.717, 1.165) is 12.8 Å². The number of rotatable bonds is 3. The van der Waals surface area contributed by atoms with Crippen molar-refractivity contribution < 1.29 is 14.7 Å². The summed E-state index contributed by atoms with van der Waals surface area (Å²) in [7, 11) is 0. The second-order valence-corrected chi connectivity index (χ2v) is 4.60. The molecule has 0 radical (unpaired) electrons. The minimum atomic E-state index is -0.817. The highest BCUT2D eigenvalue weighted by molar-refractivity contribution is 5.90. The minimum Gasteiger partial charge on any atom is -0.481 e. The molecule has 2 heterocycles. The summed E-state index contributed by atoms with van der Waals surface area (Å²) in [4.78, 5) is 28.4. The Bertz CT molecular complexity index is 457. The Hall–Kier alpha value is -1.92. The summed E-state index contributed by atoms with van der Waals surface area (Å²) in [6.45, 7) is 2.84. The van der Waals surface area contributed by atoms with E-state index < -0.39 is 5.97 Å². The third-order valence-corrected chi connectivity index (χ3v) is 3.06. The van der Waals surface area contributed by atoms with E-state index in [2.05, 4.69) is 15.2 Å². The van der Waals surface area contributed by atoms with E-state index in [1.54, 1.807) is 11.8 Å². The number of aromatic amines is 1. The van der Waals surface area contributed by atoms with Crippen LogP contribution >= 0.6 is 0 Å². The predicted molar refractivity (Wildman–Crippen MR) is 62.0 cm³/mol. The van der Waals surface area contributed by atoms with Gasteiger partial charge in [0.05, 0.1) is 0 Å². The Morgan fingerprint density at radius 2 is 2.33 bits per heavy atom. The lowest BCUT2D eigenvalue weighted by Crippen LogP contribution is -2.41. The number of carbonyl (C=O) groups is 2. The molecule has 0 saturated carbocycles. The number of aryl methyl sites for hydroxylation is 1. The van der Waals surface area contributed by atoms with Crippen molar-refractivity contribution in [3.8, 4) is 0 Å². The first-order chi connectivity index (χ1) is 8.56. The van der Waals surface area contributed by atoms with Gasteiger partial charge in [-0.25, -0.2) is 4.98 Å². The van der Waals surface area contributed by atoms with E-state index >= 15 is 0 Å². The van der Waals surface area contributed by atoms with Crippen LogP contribution in [-0.2, 0) is 4.79 Å². The quantitative estimate of drug-likeness (QED) is 0.813. The Labute approximate surface area is 104 Å². The van der Waals surface area contributed by atoms with Crippen LogP contribution in [0.4, 0.5) is 0 Å².